The van der Waals surface area contributed by atoms with Crippen LogP contribution < -0.4 is 5.32 Å². The Hall–Kier alpha value is -2.63. The minimum atomic E-state index is -0.974. The molecule has 0 spiro atoms. The van der Waals surface area contributed by atoms with E-state index in [0.29, 0.717) is 18.5 Å². The first kappa shape index (κ1) is 12.8. The maximum atomic E-state index is 11.6. The van der Waals surface area contributed by atoms with Gasteiger partial charge in [-0.3, -0.25) is 4.79 Å². The molecule has 6 nitrogen and oxygen atoms in total. The summed E-state index contributed by atoms with van der Waals surface area (Å²) in [5.74, 6) is -1.32. The summed E-state index contributed by atoms with van der Waals surface area (Å²) < 4.78 is 4.56. The van der Waals surface area contributed by atoms with Gasteiger partial charge in [0.05, 0.1) is 5.56 Å². The maximum absolute atomic E-state index is 11.6. The Kier molecular flexibility index (Phi) is 3.92. The van der Waals surface area contributed by atoms with Gasteiger partial charge in [0.25, 0.3) is 5.91 Å². The van der Waals surface area contributed by atoms with Crippen LogP contribution in [0, 0.1) is 0 Å². The van der Waals surface area contributed by atoms with Gasteiger partial charge in [-0.1, -0.05) is 23.4 Å². The van der Waals surface area contributed by atoms with Crippen LogP contribution in [-0.2, 0) is 6.42 Å². The summed E-state index contributed by atoms with van der Waals surface area (Å²) in [6, 6.07) is 8.16. The first-order valence-electron chi connectivity index (χ1n) is 5.68. The molecule has 0 unspecified atom stereocenters. The first-order chi connectivity index (χ1) is 9.18. The molecule has 1 heterocycles. The fourth-order valence-electron chi connectivity index (χ4n) is 1.68. The highest BCUT2D eigenvalue weighted by Crippen LogP contribution is 2.09. The summed E-state index contributed by atoms with van der Waals surface area (Å²) in [7, 11) is 0. The minimum absolute atomic E-state index is 0.200. The predicted molar refractivity (Wildman–Crippen MR) is 65.9 cm³/mol. The van der Waals surface area contributed by atoms with E-state index in [1.165, 1.54) is 18.4 Å². The van der Waals surface area contributed by atoms with Crippen molar-refractivity contribution in [2.45, 2.75) is 6.42 Å². The zero-order valence-corrected chi connectivity index (χ0v) is 10.00. The van der Waals surface area contributed by atoms with Gasteiger partial charge in [0.2, 0.25) is 0 Å². The highest BCUT2D eigenvalue weighted by atomic mass is 16.5. The van der Waals surface area contributed by atoms with Gasteiger partial charge in [0.1, 0.15) is 6.26 Å². The van der Waals surface area contributed by atoms with Crippen LogP contribution >= 0.6 is 0 Å². The van der Waals surface area contributed by atoms with Crippen molar-refractivity contribution >= 4 is 11.9 Å². The maximum Gasteiger partial charge on any atom is 0.335 e. The third-order valence-electron chi connectivity index (χ3n) is 2.60. The Labute approximate surface area is 109 Å². The number of carbonyl (C=O) groups excluding carboxylic acids is 1. The number of carboxylic acids is 1. The first-order valence-corrected chi connectivity index (χ1v) is 5.68. The molecule has 0 radical (unpaired) electrons. The van der Waals surface area contributed by atoms with Crippen molar-refractivity contribution in [3.63, 3.8) is 0 Å². The number of rotatable bonds is 5. The molecule has 2 N–H and O–H groups in total. The molecule has 0 aliphatic carbocycles. The number of nitrogens with zero attached hydrogens (tertiary/aromatic N) is 1. The lowest BCUT2D eigenvalue weighted by Crippen LogP contribution is -2.26. The van der Waals surface area contributed by atoms with Gasteiger partial charge in [0.15, 0.2) is 5.69 Å². The van der Waals surface area contributed by atoms with E-state index < -0.39 is 5.97 Å². The highest BCUT2D eigenvalue weighted by Gasteiger charge is 2.10. The molecule has 0 fully saturated rings. The Balaban J connectivity index is 1.93. The topological polar surface area (TPSA) is 92.4 Å². The fraction of sp³-hybridized carbons (Fsp3) is 0.154. The van der Waals surface area contributed by atoms with Gasteiger partial charge in [0, 0.05) is 12.6 Å². The number of aromatic nitrogens is 1. The summed E-state index contributed by atoms with van der Waals surface area (Å²) in [6.45, 7) is 0.329. The summed E-state index contributed by atoms with van der Waals surface area (Å²) >= 11 is 0. The number of amides is 1. The Morgan fingerprint density at radius 1 is 1.26 bits per heavy atom. The van der Waals surface area contributed by atoms with Crippen molar-refractivity contribution in [2.75, 3.05) is 6.54 Å². The minimum Gasteiger partial charge on any atom is -0.478 e. The Bertz CT molecular complexity index is 578. The van der Waals surface area contributed by atoms with Crippen LogP contribution in [0.4, 0.5) is 0 Å². The van der Waals surface area contributed by atoms with E-state index in [4.69, 9.17) is 5.11 Å². The smallest absolute Gasteiger partial charge is 0.335 e. The second-order valence-electron chi connectivity index (χ2n) is 3.85. The van der Waals surface area contributed by atoms with Gasteiger partial charge in [-0.05, 0) is 18.1 Å². The van der Waals surface area contributed by atoms with Crippen molar-refractivity contribution in [1.82, 2.24) is 10.5 Å². The van der Waals surface area contributed by atoms with Crippen LogP contribution in [0.5, 0.6) is 0 Å². The molecule has 0 aliphatic rings. The second-order valence-corrected chi connectivity index (χ2v) is 3.85. The fourth-order valence-corrected chi connectivity index (χ4v) is 1.68. The van der Waals surface area contributed by atoms with E-state index in [9.17, 15) is 9.59 Å². The Morgan fingerprint density at radius 3 is 2.74 bits per heavy atom. The van der Waals surface area contributed by atoms with E-state index in [0.717, 1.165) is 0 Å². The number of carbonyl (C=O) groups is 2. The molecule has 19 heavy (non-hydrogen) atoms. The molecule has 98 valence electrons. The lowest BCUT2D eigenvalue weighted by atomic mass is 10.0. The van der Waals surface area contributed by atoms with Crippen molar-refractivity contribution in [3.8, 4) is 0 Å². The quantitative estimate of drug-likeness (QED) is 0.846. The largest absolute Gasteiger partial charge is 0.478 e. The van der Waals surface area contributed by atoms with Crippen LogP contribution in [-0.4, -0.2) is 28.7 Å². The van der Waals surface area contributed by atoms with Gasteiger partial charge in [-0.2, -0.15) is 0 Å². The molecule has 0 saturated heterocycles. The molecule has 1 aromatic carbocycles. The van der Waals surface area contributed by atoms with Gasteiger partial charge in [-0.15, -0.1) is 0 Å². The predicted octanol–water partition coefficient (Wildman–Crippen LogP) is 1.35. The molecule has 0 saturated carbocycles. The van der Waals surface area contributed by atoms with Crippen molar-refractivity contribution < 1.29 is 19.2 Å². The summed E-state index contributed by atoms with van der Waals surface area (Å²) in [6.07, 6.45) is 1.75. The van der Waals surface area contributed by atoms with Crippen molar-refractivity contribution in [3.05, 3.63) is 53.4 Å². The number of hydrogen-bond donors (Lipinski definition) is 2. The molecular weight excluding hydrogens is 248 g/mol. The van der Waals surface area contributed by atoms with E-state index in [-0.39, 0.29) is 17.2 Å². The zero-order chi connectivity index (χ0) is 13.7. The monoisotopic (exact) mass is 260 g/mol. The number of nitrogens with one attached hydrogen (secondary N) is 1. The molecule has 2 aromatic rings. The SMILES string of the molecule is O=C(NCCc1ccccc1C(=O)O)c1ccon1. The third-order valence-corrected chi connectivity index (χ3v) is 2.60. The highest BCUT2D eigenvalue weighted by molar-refractivity contribution is 5.92. The van der Waals surface area contributed by atoms with E-state index in [1.54, 1.807) is 18.2 Å². The van der Waals surface area contributed by atoms with Gasteiger partial charge in [-0.25, -0.2) is 4.79 Å². The Morgan fingerprint density at radius 2 is 2.05 bits per heavy atom. The van der Waals surface area contributed by atoms with E-state index in [2.05, 4.69) is 15.0 Å². The molecule has 6 heteroatoms. The van der Waals surface area contributed by atoms with Crippen LogP contribution in [0.3, 0.4) is 0 Å². The zero-order valence-electron chi connectivity index (χ0n) is 10.00. The summed E-state index contributed by atoms with van der Waals surface area (Å²) in [5, 5.41) is 15.2. The van der Waals surface area contributed by atoms with Crippen molar-refractivity contribution in [1.29, 1.82) is 0 Å². The number of hydrogen-bond acceptors (Lipinski definition) is 4. The summed E-state index contributed by atoms with van der Waals surface area (Å²) in [5.41, 5.74) is 1.13. The molecule has 1 amide bonds. The second kappa shape index (κ2) is 5.81. The van der Waals surface area contributed by atoms with Gasteiger partial charge < -0.3 is 14.9 Å². The van der Waals surface area contributed by atoms with Crippen molar-refractivity contribution in [2.24, 2.45) is 0 Å². The van der Waals surface area contributed by atoms with E-state index >= 15 is 0 Å². The summed E-state index contributed by atoms with van der Waals surface area (Å²) in [4.78, 5) is 22.6. The van der Waals surface area contributed by atoms with Crippen LogP contribution in [0.2, 0.25) is 0 Å². The number of benzene rings is 1. The standard InChI is InChI=1S/C13H12N2O4/c16-12(11-6-8-19-15-11)14-7-5-9-3-1-2-4-10(9)13(17)18/h1-4,6,8H,5,7H2,(H,14,16)(H,17,18). The normalized spacial score (nSPS) is 10.1. The average molecular weight is 260 g/mol. The molecule has 1 aromatic heterocycles. The number of aromatic carboxylic acids is 1. The van der Waals surface area contributed by atoms with Crippen LogP contribution in [0.15, 0.2) is 41.1 Å². The molecule has 0 bridgehead atoms. The molecule has 0 aliphatic heterocycles. The molecule has 0 atom stereocenters. The number of carboxylic acid groups (broad SMARTS) is 1. The average Bonchev–Trinajstić information content (AvgIpc) is 2.93. The van der Waals surface area contributed by atoms with Gasteiger partial charge >= 0.3 is 5.97 Å². The lowest BCUT2D eigenvalue weighted by molar-refractivity contribution is 0.0695. The van der Waals surface area contributed by atoms with E-state index in [1.807, 2.05) is 0 Å². The van der Waals surface area contributed by atoms with Crippen LogP contribution in [0.25, 0.3) is 0 Å². The lowest BCUT2D eigenvalue weighted by Gasteiger charge is -2.06. The van der Waals surface area contributed by atoms with Crippen LogP contribution in [0.1, 0.15) is 26.4 Å². The molecular formula is C13H12N2O4. The third kappa shape index (κ3) is 3.19. The molecule has 2 rings (SSSR count).